The molecule has 16 heavy (non-hydrogen) atoms. The van der Waals surface area contributed by atoms with Gasteiger partial charge in [0.15, 0.2) is 8.38 Å². The molecule has 0 amide bonds. The minimum Gasteiger partial charge on any atom is -0.331 e. The molecule has 0 aromatic rings. The van der Waals surface area contributed by atoms with E-state index in [1.165, 1.54) is 64.2 Å². The average Bonchev–Trinajstić information content (AvgIpc) is 2.31. The van der Waals surface area contributed by atoms with E-state index in [0.717, 1.165) is 0 Å². The van der Waals surface area contributed by atoms with Crippen molar-refractivity contribution in [2.75, 3.05) is 6.66 Å². The van der Waals surface area contributed by atoms with Gasteiger partial charge in [-0.25, -0.2) is 0 Å². The molecule has 2 rings (SSSR count). The molecule has 0 atom stereocenters. The van der Waals surface area contributed by atoms with Crippen LogP contribution >= 0.6 is 8.38 Å². The van der Waals surface area contributed by atoms with Crippen LogP contribution in [0.15, 0.2) is 0 Å². The monoisotopic (exact) mass is 244 g/mol. The highest BCUT2D eigenvalue weighted by atomic mass is 31.2. The van der Waals surface area contributed by atoms with Crippen LogP contribution in [0, 0.1) is 0 Å². The van der Waals surface area contributed by atoms with Gasteiger partial charge in [-0.2, -0.15) is 0 Å². The highest BCUT2D eigenvalue weighted by molar-refractivity contribution is 7.46. The molecule has 0 spiro atoms. The summed E-state index contributed by atoms with van der Waals surface area (Å²) in [7, 11) is -0.626. The van der Waals surface area contributed by atoms with Gasteiger partial charge in [-0.15, -0.1) is 0 Å². The Morgan fingerprint density at radius 2 is 1.06 bits per heavy atom. The Morgan fingerprint density at radius 1 is 0.688 bits per heavy atom. The first kappa shape index (κ1) is 12.8. The molecule has 0 aromatic carbocycles. The van der Waals surface area contributed by atoms with E-state index in [1.54, 1.807) is 0 Å². The summed E-state index contributed by atoms with van der Waals surface area (Å²) in [6.45, 7) is 2.14. The molecule has 2 fully saturated rings. The van der Waals surface area contributed by atoms with Crippen LogP contribution in [-0.2, 0) is 9.05 Å². The van der Waals surface area contributed by atoms with Gasteiger partial charge in [-0.3, -0.25) is 0 Å². The predicted molar refractivity (Wildman–Crippen MR) is 68.8 cm³/mol. The van der Waals surface area contributed by atoms with Crippen molar-refractivity contribution >= 4 is 8.38 Å². The first-order valence-corrected chi connectivity index (χ1v) is 8.54. The van der Waals surface area contributed by atoms with Crippen LogP contribution in [0.25, 0.3) is 0 Å². The maximum Gasteiger partial charge on any atom is 0.167 e. The van der Waals surface area contributed by atoms with Gasteiger partial charge in [0.1, 0.15) is 0 Å². The first-order valence-electron chi connectivity index (χ1n) is 6.92. The molecule has 2 aliphatic carbocycles. The highest BCUT2D eigenvalue weighted by Gasteiger charge is 2.21. The molecule has 0 radical (unpaired) electrons. The van der Waals surface area contributed by atoms with Gasteiger partial charge < -0.3 is 9.05 Å². The molecule has 94 valence electrons. The lowest BCUT2D eigenvalue weighted by atomic mass is 9.98. The van der Waals surface area contributed by atoms with E-state index < -0.39 is 8.38 Å². The van der Waals surface area contributed by atoms with E-state index in [9.17, 15) is 0 Å². The van der Waals surface area contributed by atoms with Crippen molar-refractivity contribution in [1.29, 1.82) is 0 Å². The molecular weight excluding hydrogens is 219 g/mol. The molecule has 3 heteroatoms. The zero-order valence-corrected chi connectivity index (χ0v) is 11.4. The lowest BCUT2D eigenvalue weighted by Gasteiger charge is -2.29. The molecule has 2 aliphatic rings. The molecule has 0 bridgehead atoms. The average molecular weight is 244 g/mol. The Hall–Kier alpha value is 0.350. The third kappa shape index (κ3) is 4.31. The minimum absolute atomic E-state index is 0.494. The summed E-state index contributed by atoms with van der Waals surface area (Å²) in [6, 6.07) is 0. The second kappa shape index (κ2) is 6.93. The van der Waals surface area contributed by atoms with Crippen molar-refractivity contribution in [2.45, 2.75) is 76.4 Å². The van der Waals surface area contributed by atoms with Gasteiger partial charge in [-0.1, -0.05) is 38.5 Å². The third-order valence-corrected chi connectivity index (χ3v) is 4.89. The van der Waals surface area contributed by atoms with E-state index >= 15 is 0 Å². The van der Waals surface area contributed by atoms with Gasteiger partial charge in [0.05, 0.1) is 12.2 Å². The lowest BCUT2D eigenvalue weighted by molar-refractivity contribution is 0.105. The van der Waals surface area contributed by atoms with Gasteiger partial charge >= 0.3 is 0 Å². The fourth-order valence-electron chi connectivity index (χ4n) is 2.79. The van der Waals surface area contributed by atoms with Crippen LogP contribution in [0.2, 0.25) is 0 Å². The zero-order chi connectivity index (χ0) is 11.2. The molecule has 0 N–H and O–H groups in total. The van der Waals surface area contributed by atoms with Crippen molar-refractivity contribution in [3.05, 3.63) is 0 Å². The Morgan fingerprint density at radius 3 is 1.44 bits per heavy atom. The summed E-state index contributed by atoms with van der Waals surface area (Å²) in [5.74, 6) is 0. The summed E-state index contributed by atoms with van der Waals surface area (Å²) in [5.41, 5.74) is 0. The molecule has 2 saturated carbocycles. The number of hydrogen-bond donors (Lipinski definition) is 0. The highest BCUT2D eigenvalue weighted by Crippen LogP contribution is 2.42. The fraction of sp³-hybridized carbons (Fsp3) is 1.00. The van der Waals surface area contributed by atoms with Gasteiger partial charge in [0.25, 0.3) is 0 Å². The van der Waals surface area contributed by atoms with Crippen LogP contribution in [0.3, 0.4) is 0 Å². The second-order valence-corrected chi connectivity index (χ2v) is 6.47. The van der Waals surface area contributed by atoms with Crippen LogP contribution < -0.4 is 0 Å². The van der Waals surface area contributed by atoms with E-state index in [0.29, 0.717) is 12.2 Å². The summed E-state index contributed by atoms with van der Waals surface area (Å²) >= 11 is 0. The van der Waals surface area contributed by atoms with Crippen LogP contribution in [-0.4, -0.2) is 18.9 Å². The van der Waals surface area contributed by atoms with Gasteiger partial charge in [0.2, 0.25) is 0 Å². The largest absolute Gasteiger partial charge is 0.331 e. The molecule has 0 aliphatic heterocycles. The van der Waals surface area contributed by atoms with E-state index in [4.69, 9.17) is 9.05 Å². The second-order valence-electron chi connectivity index (χ2n) is 5.17. The Labute approximate surface area is 101 Å². The number of rotatable bonds is 4. The summed E-state index contributed by atoms with van der Waals surface area (Å²) in [6.07, 6.45) is 14.2. The third-order valence-electron chi connectivity index (χ3n) is 3.70. The lowest BCUT2D eigenvalue weighted by Crippen LogP contribution is -2.18. The SMILES string of the molecule is CP(OC1CCCCC1)OC1CCCCC1. The molecule has 0 unspecified atom stereocenters. The fourth-order valence-corrected chi connectivity index (χ4v) is 4.10. The molecular formula is C13H25O2P. The maximum absolute atomic E-state index is 6.04. The first-order chi connectivity index (χ1) is 7.84. The summed E-state index contributed by atoms with van der Waals surface area (Å²) in [5, 5.41) is 0. The Kier molecular flexibility index (Phi) is 5.55. The van der Waals surface area contributed by atoms with E-state index in [1.807, 2.05) is 0 Å². The standard InChI is InChI=1S/C13H25O2P/c1-16(14-12-8-4-2-5-9-12)15-13-10-6-3-7-11-13/h12-13H,2-11H2,1H3. The van der Waals surface area contributed by atoms with E-state index in [-0.39, 0.29) is 0 Å². The molecule has 0 heterocycles. The summed E-state index contributed by atoms with van der Waals surface area (Å²) < 4.78 is 12.1. The molecule has 0 saturated heterocycles. The van der Waals surface area contributed by atoms with Crippen molar-refractivity contribution < 1.29 is 9.05 Å². The van der Waals surface area contributed by atoms with Gasteiger partial charge in [-0.05, 0) is 25.7 Å². The van der Waals surface area contributed by atoms with Crippen molar-refractivity contribution in [2.24, 2.45) is 0 Å². The van der Waals surface area contributed by atoms with Crippen molar-refractivity contribution in [1.82, 2.24) is 0 Å². The van der Waals surface area contributed by atoms with Crippen LogP contribution in [0.5, 0.6) is 0 Å². The quantitative estimate of drug-likeness (QED) is 0.671. The molecule has 2 nitrogen and oxygen atoms in total. The van der Waals surface area contributed by atoms with Crippen LogP contribution in [0.4, 0.5) is 0 Å². The Bertz CT molecular complexity index is 166. The minimum atomic E-state index is -0.626. The predicted octanol–water partition coefficient (Wildman–Crippen LogP) is 4.63. The molecule has 0 aromatic heterocycles. The van der Waals surface area contributed by atoms with Gasteiger partial charge in [0, 0.05) is 6.66 Å². The van der Waals surface area contributed by atoms with E-state index in [2.05, 4.69) is 6.66 Å². The zero-order valence-electron chi connectivity index (χ0n) is 10.5. The van der Waals surface area contributed by atoms with Crippen molar-refractivity contribution in [3.8, 4) is 0 Å². The number of hydrogen-bond acceptors (Lipinski definition) is 2. The normalized spacial score (nSPS) is 25.1. The van der Waals surface area contributed by atoms with Crippen molar-refractivity contribution in [3.63, 3.8) is 0 Å². The van der Waals surface area contributed by atoms with Crippen LogP contribution in [0.1, 0.15) is 64.2 Å². The topological polar surface area (TPSA) is 18.5 Å². The summed E-state index contributed by atoms with van der Waals surface area (Å²) in [4.78, 5) is 0. The smallest absolute Gasteiger partial charge is 0.167 e. The Balaban J connectivity index is 1.64. The maximum atomic E-state index is 6.04.